The van der Waals surface area contributed by atoms with Gasteiger partial charge in [0.05, 0.1) is 0 Å². The molecule has 0 radical (unpaired) electrons. The monoisotopic (exact) mass is 235 g/mol. The lowest BCUT2D eigenvalue weighted by Crippen LogP contribution is -2.20. The van der Waals surface area contributed by atoms with Crippen molar-refractivity contribution in [3.05, 3.63) is 29.8 Å². The molecule has 0 saturated heterocycles. The van der Waals surface area contributed by atoms with Gasteiger partial charge in [0, 0.05) is 25.7 Å². The molecule has 94 valence electrons. The topological polar surface area (TPSA) is 40.5 Å². The van der Waals surface area contributed by atoms with Gasteiger partial charge in [0.2, 0.25) is 0 Å². The molecule has 0 bridgehead atoms. The van der Waals surface area contributed by atoms with Crippen molar-refractivity contribution >= 4 is 11.7 Å². The van der Waals surface area contributed by atoms with Crippen molar-refractivity contribution in [1.82, 2.24) is 0 Å². The molecule has 3 heteroatoms. The zero-order valence-corrected chi connectivity index (χ0v) is 10.8. The molecule has 0 aliphatic carbocycles. The summed E-state index contributed by atoms with van der Waals surface area (Å²) >= 11 is 0. The normalized spacial score (nSPS) is 10.6. The number of aliphatic carboxylic acids is 1. The van der Waals surface area contributed by atoms with Crippen LogP contribution in [-0.2, 0) is 4.79 Å². The van der Waals surface area contributed by atoms with E-state index in [9.17, 15) is 4.79 Å². The summed E-state index contributed by atoms with van der Waals surface area (Å²) in [5.74, 6) is -0.247. The number of hydrogen-bond acceptors (Lipinski definition) is 2. The van der Waals surface area contributed by atoms with Crippen molar-refractivity contribution in [2.24, 2.45) is 0 Å². The minimum Gasteiger partial charge on any atom is -0.481 e. The Hall–Kier alpha value is -1.51. The summed E-state index contributed by atoms with van der Waals surface area (Å²) in [4.78, 5) is 12.6. The Balaban J connectivity index is 2.68. The van der Waals surface area contributed by atoms with Crippen molar-refractivity contribution < 1.29 is 9.90 Å². The molecule has 3 nitrogen and oxygen atoms in total. The van der Waals surface area contributed by atoms with E-state index in [1.165, 1.54) is 11.3 Å². The molecule has 0 aromatic heterocycles. The summed E-state index contributed by atoms with van der Waals surface area (Å²) in [5.41, 5.74) is 2.51. The van der Waals surface area contributed by atoms with Crippen molar-refractivity contribution in [3.8, 4) is 0 Å². The van der Waals surface area contributed by atoms with Gasteiger partial charge in [-0.25, -0.2) is 0 Å². The molecule has 0 atom stereocenters. The third-order valence-corrected chi connectivity index (χ3v) is 2.85. The molecule has 0 spiro atoms. The third kappa shape index (κ3) is 4.10. The fourth-order valence-corrected chi connectivity index (χ4v) is 1.91. The van der Waals surface area contributed by atoms with Gasteiger partial charge >= 0.3 is 5.97 Å². The van der Waals surface area contributed by atoms with Gasteiger partial charge in [-0.05, 0) is 24.0 Å². The number of hydrogen-bond donors (Lipinski definition) is 1. The lowest BCUT2D eigenvalue weighted by Gasteiger charge is -2.23. The van der Waals surface area contributed by atoms with Gasteiger partial charge in [-0.3, -0.25) is 4.79 Å². The maximum atomic E-state index is 10.5. The summed E-state index contributed by atoms with van der Waals surface area (Å²) < 4.78 is 0. The summed E-state index contributed by atoms with van der Waals surface area (Å²) in [6.07, 6.45) is 0.909. The second-order valence-electron chi connectivity index (χ2n) is 4.63. The second-order valence-corrected chi connectivity index (χ2v) is 4.63. The molecule has 0 aliphatic rings. The Kier molecular flexibility index (Phi) is 5.01. The van der Waals surface area contributed by atoms with E-state index in [1.807, 2.05) is 19.2 Å². The van der Waals surface area contributed by atoms with Gasteiger partial charge in [0.25, 0.3) is 0 Å². The fraction of sp³-hybridized carbons (Fsp3) is 0.500. The zero-order valence-electron chi connectivity index (χ0n) is 10.8. The van der Waals surface area contributed by atoms with E-state index in [4.69, 9.17) is 5.11 Å². The van der Waals surface area contributed by atoms with Crippen molar-refractivity contribution in [3.63, 3.8) is 0 Å². The maximum Gasteiger partial charge on any atom is 0.303 e. The quantitative estimate of drug-likeness (QED) is 0.823. The minimum atomic E-state index is -0.726. The number of para-hydroxylation sites is 1. The molecule has 0 amide bonds. The van der Waals surface area contributed by atoms with E-state index in [1.54, 1.807) is 0 Å². The van der Waals surface area contributed by atoms with Gasteiger partial charge in [0.1, 0.15) is 0 Å². The summed E-state index contributed by atoms with van der Waals surface area (Å²) in [7, 11) is 2.02. The number of nitrogens with zero attached hydrogens (tertiary/aromatic N) is 1. The highest BCUT2D eigenvalue weighted by molar-refractivity contribution is 5.66. The Morgan fingerprint density at radius 3 is 2.59 bits per heavy atom. The number of rotatable bonds is 6. The Bertz CT molecular complexity index is 374. The van der Waals surface area contributed by atoms with E-state index in [0.717, 1.165) is 6.54 Å². The molecule has 0 aliphatic heterocycles. The van der Waals surface area contributed by atoms with Crippen LogP contribution in [0.4, 0.5) is 5.69 Å². The largest absolute Gasteiger partial charge is 0.481 e. The van der Waals surface area contributed by atoms with Crippen LogP contribution in [0.15, 0.2) is 24.3 Å². The first-order chi connectivity index (χ1) is 8.02. The number of carboxylic acid groups (broad SMARTS) is 1. The van der Waals surface area contributed by atoms with E-state index in [0.29, 0.717) is 12.3 Å². The molecule has 0 saturated carbocycles. The zero-order chi connectivity index (χ0) is 12.8. The smallest absolute Gasteiger partial charge is 0.303 e. The highest BCUT2D eigenvalue weighted by Gasteiger charge is 2.09. The van der Waals surface area contributed by atoms with Crippen LogP contribution in [-0.4, -0.2) is 24.7 Å². The maximum absolute atomic E-state index is 10.5. The lowest BCUT2D eigenvalue weighted by molar-refractivity contribution is -0.137. The molecule has 1 aromatic carbocycles. The first kappa shape index (κ1) is 13.6. The van der Waals surface area contributed by atoms with Crippen LogP contribution in [0.1, 0.15) is 38.2 Å². The fourth-order valence-electron chi connectivity index (χ4n) is 1.91. The van der Waals surface area contributed by atoms with Gasteiger partial charge < -0.3 is 10.0 Å². The van der Waals surface area contributed by atoms with Crippen molar-refractivity contribution in [1.29, 1.82) is 0 Å². The van der Waals surface area contributed by atoms with Crippen LogP contribution in [0.2, 0.25) is 0 Å². The number of carbonyl (C=O) groups is 1. The molecule has 17 heavy (non-hydrogen) atoms. The first-order valence-electron chi connectivity index (χ1n) is 6.04. The molecule has 1 aromatic rings. The molecule has 0 heterocycles. The van der Waals surface area contributed by atoms with Crippen LogP contribution in [0.25, 0.3) is 0 Å². The van der Waals surface area contributed by atoms with Gasteiger partial charge in [0.15, 0.2) is 0 Å². The highest BCUT2D eigenvalue weighted by atomic mass is 16.4. The molecule has 0 fully saturated rings. The van der Waals surface area contributed by atoms with Crippen LogP contribution in [0, 0.1) is 0 Å². The summed E-state index contributed by atoms with van der Waals surface area (Å²) in [6.45, 7) is 5.11. The Labute approximate surface area is 103 Å². The third-order valence-electron chi connectivity index (χ3n) is 2.85. The number of benzene rings is 1. The standard InChI is InChI=1S/C14H21NO2/c1-11(2)12-7-4-5-8-13(12)15(3)10-6-9-14(16)17/h4-5,7-8,11H,6,9-10H2,1-3H3,(H,16,17). The van der Waals surface area contributed by atoms with Crippen LogP contribution in [0.5, 0.6) is 0 Å². The van der Waals surface area contributed by atoms with Gasteiger partial charge in [-0.1, -0.05) is 32.0 Å². The summed E-state index contributed by atoms with van der Waals surface area (Å²) in [5, 5.41) is 8.62. The van der Waals surface area contributed by atoms with Crippen LogP contribution >= 0.6 is 0 Å². The minimum absolute atomic E-state index is 0.230. The second kappa shape index (κ2) is 6.28. The van der Waals surface area contributed by atoms with E-state index >= 15 is 0 Å². The van der Waals surface area contributed by atoms with E-state index < -0.39 is 5.97 Å². The van der Waals surface area contributed by atoms with Crippen molar-refractivity contribution in [2.45, 2.75) is 32.6 Å². The lowest BCUT2D eigenvalue weighted by atomic mass is 10.0. The molecule has 0 unspecified atom stereocenters. The van der Waals surface area contributed by atoms with E-state index in [-0.39, 0.29) is 6.42 Å². The molecule has 1 N–H and O–H groups in total. The van der Waals surface area contributed by atoms with Crippen LogP contribution in [0.3, 0.4) is 0 Å². The number of anilines is 1. The highest BCUT2D eigenvalue weighted by Crippen LogP contribution is 2.26. The molecule has 1 rings (SSSR count). The SMILES string of the molecule is CC(C)c1ccccc1N(C)CCCC(=O)O. The van der Waals surface area contributed by atoms with Gasteiger partial charge in [-0.15, -0.1) is 0 Å². The average Bonchev–Trinajstić information content (AvgIpc) is 2.28. The Morgan fingerprint density at radius 1 is 1.35 bits per heavy atom. The number of carboxylic acids is 1. The van der Waals surface area contributed by atoms with Crippen LogP contribution < -0.4 is 4.90 Å². The molecular formula is C14H21NO2. The predicted octanol–water partition coefficient (Wildman–Crippen LogP) is 3.11. The van der Waals surface area contributed by atoms with Gasteiger partial charge in [-0.2, -0.15) is 0 Å². The Morgan fingerprint density at radius 2 is 2.00 bits per heavy atom. The predicted molar refractivity (Wildman–Crippen MR) is 70.7 cm³/mol. The van der Waals surface area contributed by atoms with Crippen molar-refractivity contribution in [2.75, 3.05) is 18.5 Å². The first-order valence-corrected chi connectivity index (χ1v) is 6.04. The summed E-state index contributed by atoms with van der Waals surface area (Å²) in [6, 6.07) is 8.29. The van der Waals surface area contributed by atoms with E-state index in [2.05, 4.69) is 30.9 Å². The molecular weight excluding hydrogens is 214 g/mol. The average molecular weight is 235 g/mol.